The highest BCUT2D eigenvalue weighted by Gasteiger charge is 2.26. The fraction of sp³-hybridized carbons (Fsp3) is 0.412. The minimum Gasteiger partial charge on any atom is -0.335 e. The molecule has 0 aliphatic heterocycles. The second kappa shape index (κ2) is 7.26. The molecule has 8 heteroatoms. The zero-order chi connectivity index (χ0) is 18.0. The average molecular weight is 359 g/mol. The maximum atomic E-state index is 12.2. The van der Waals surface area contributed by atoms with Crippen molar-refractivity contribution in [1.82, 2.24) is 25.4 Å². The highest BCUT2D eigenvalue weighted by atomic mass is 32.2. The van der Waals surface area contributed by atoms with Crippen LogP contribution >= 0.6 is 11.8 Å². The highest BCUT2D eigenvalue weighted by molar-refractivity contribution is 8.00. The number of aromatic nitrogens is 3. The van der Waals surface area contributed by atoms with Gasteiger partial charge in [0.1, 0.15) is 0 Å². The maximum Gasteiger partial charge on any atom is 0.321 e. The summed E-state index contributed by atoms with van der Waals surface area (Å²) < 4.78 is 1.86. The molecule has 3 rings (SSSR count). The third kappa shape index (κ3) is 4.19. The van der Waals surface area contributed by atoms with Gasteiger partial charge in [-0.3, -0.25) is 10.1 Å². The SMILES string of the molecule is Cc1ccccc1-c1nnc(SC(C)C(=O)NC(=O)NC2CC2)n1C. The first kappa shape index (κ1) is 17.5. The summed E-state index contributed by atoms with van der Waals surface area (Å²) in [7, 11) is 1.87. The standard InChI is InChI=1S/C17H21N5O2S/c1-10-6-4-5-7-13(10)14-20-21-17(22(14)3)25-11(2)15(23)19-16(24)18-12-8-9-12/h4-7,11-12H,8-9H2,1-3H3,(H2,18,19,23,24). The second-order valence-electron chi connectivity index (χ2n) is 6.18. The van der Waals surface area contributed by atoms with Crippen molar-refractivity contribution in [3.05, 3.63) is 29.8 Å². The summed E-state index contributed by atoms with van der Waals surface area (Å²) in [5, 5.41) is 13.7. The van der Waals surface area contributed by atoms with E-state index in [1.807, 2.05) is 42.8 Å². The van der Waals surface area contributed by atoms with E-state index in [-0.39, 0.29) is 11.9 Å². The number of carbonyl (C=O) groups is 2. The Balaban J connectivity index is 1.65. The van der Waals surface area contributed by atoms with Gasteiger partial charge in [-0.1, -0.05) is 36.0 Å². The highest BCUT2D eigenvalue weighted by Crippen LogP contribution is 2.27. The lowest BCUT2D eigenvalue weighted by Gasteiger charge is -2.11. The Kier molecular flexibility index (Phi) is 5.08. The van der Waals surface area contributed by atoms with Crippen LogP contribution in [0.4, 0.5) is 4.79 Å². The number of rotatable bonds is 5. The van der Waals surface area contributed by atoms with Crippen LogP contribution in [0.3, 0.4) is 0 Å². The molecular formula is C17H21N5O2S. The lowest BCUT2D eigenvalue weighted by atomic mass is 10.1. The molecule has 3 amide bonds. The lowest BCUT2D eigenvalue weighted by Crippen LogP contribution is -2.43. The van der Waals surface area contributed by atoms with E-state index < -0.39 is 11.3 Å². The fourth-order valence-corrected chi connectivity index (χ4v) is 3.16. The van der Waals surface area contributed by atoms with Crippen LogP contribution < -0.4 is 10.6 Å². The molecule has 1 aliphatic carbocycles. The van der Waals surface area contributed by atoms with Gasteiger partial charge in [0.15, 0.2) is 11.0 Å². The van der Waals surface area contributed by atoms with Crippen LogP contribution in [0.5, 0.6) is 0 Å². The molecule has 1 aromatic carbocycles. The molecule has 2 N–H and O–H groups in total. The molecule has 1 heterocycles. The molecule has 2 aromatic rings. The van der Waals surface area contributed by atoms with Crippen LogP contribution in [0.25, 0.3) is 11.4 Å². The fourth-order valence-electron chi connectivity index (χ4n) is 2.35. The summed E-state index contributed by atoms with van der Waals surface area (Å²) in [5.41, 5.74) is 2.11. The number of nitrogens with one attached hydrogen (secondary N) is 2. The number of nitrogens with zero attached hydrogens (tertiary/aromatic N) is 3. The smallest absolute Gasteiger partial charge is 0.321 e. The molecule has 7 nitrogen and oxygen atoms in total. The molecular weight excluding hydrogens is 338 g/mol. The molecule has 1 atom stereocenters. The van der Waals surface area contributed by atoms with E-state index >= 15 is 0 Å². The van der Waals surface area contributed by atoms with E-state index in [0.717, 1.165) is 29.8 Å². The van der Waals surface area contributed by atoms with Crippen LogP contribution in [0, 0.1) is 6.92 Å². The van der Waals surface area contributed by atoms with Crippen LogP contribution in [0.15, 0.2) is 29.4 Å². The molecule has 132 valence electrons. The number of carbonyl (C=O) groups excluding carboxylic acids is 2. The van der Waals surface area contributed by atoms with Crippen molar-refractivity contribution >= 4 is 23.7 Å². The van der Waals surface area contributed by atoms with Crippen molar-refractivity contribution in [3.63, 3.8) is 0 Å². The van der Waals surface area contributed by atoms with E-state index in [1.165, 1.54) is 11.8 Å². The first-order valence-electron chi connectivity index (χ1n) is 8.19. The first-order chi connectivity index (χ1) is 12.0. The van der Waals surface area contributed by atoms with Crippen molar-refractivity contribution in [3.8, 4) is 11.4 Å². The molecule has 1 fully saturated rings. The zero-order valence-corrected chi connectivity index (χ0v) is 15.3. The molecule has 1 unspecified atom stereocenters. The van der Waals surface area contributed by atoms with Gasteiger partial charge in [0, 0.05) is 18.7 Å². The molecule has 1 saturated carbocycles. The van der Waals surface area contributed by atoms with Gasteiger partial charge in [-0.15, -0.1) is 10.2 Å². The number of aryl methyl sites for hydroxylation is 1. The van der Waals surface area contributed by atoms with Gasteiger partial charge < -0.3 is 9.88 Å². The Morgan fingerprint density at radius 2 is 2.00 bits per heavy atom. The quantitative estimate of drug-likeness (QED) is 0.800. The van der Waals surface area contributed by atoms with Crippen molar-refractivity contribution in [2.45, 2.75) is 43.1 Å². The third-order valence-electron chi connectivity index (χ3n) is 4.02. The Hall–Kier alpha value is -2.35. The van der Waals surface area contributed by atoms with Crippen LogP contribution in [0.2, 0.25) is 0 Å². The van der Waals surface area contributed by atoms with Crippen molar-refractivity contribution in [2.75, 3.05) is 0 Å². The number of thioether (sulfide) groups is 1. The van der Waals surface area contributed by atoms with Crippen LogP contribution in [0.1, 0.15) is 25.3 Å². The van der Waals surface area contributed by atoms with Gasteiger partial charge in [0.05, 0.1) is 5.25 Å². The normalized spacial score (nSPS) is 14.8. The number of hydrogen-bond acceptors (Lipinski definition) is 5. The van der Waals surface area contributed by atoms with Crippen molar-refractivity contribution in [2.24, 2.45) is 7.05 Å². The summed E-state index contributed by atoms with van der Waals surface area (Å²) >= 11 is 1.27. The molecule has 1 aromatic heterocycles. The number of imide groups is 1. The first-order valence-corrected chi connectivity index (χ1v) is 9.07. The van der Waals surface area contributed by atoms with Gasteiger partial charge in [0.2, 0.25) is 5.91 Å². The number of hydrogen-bond donors (Lipinski definition) is 2. The van der Waals surface area contributed by atoms with E-state index in [2.05, 4.69) is 20.8 Å². The monoisotopic (exact) mass is 359 g/mol. The molecule has 25 heavy (non-hydrogen) atoms. The Labute approximate surface area is 150 Å². The molecule has 0 spiro atoms. The third-order valence-corrected chi connectivity index (χ3v) is 5.16. The van der Waals surface area contributed by atoms with Gasteiger partial charge in [0.25, 0.3) is 0 Å². The van der Waals surface area contributed by atoms with E-state index in [1.54, 1.807) is 6.92 Å². The number of amides is 3. The number of urea groups is 1. The minimum atomic E-state index is -0.461. The van der Waals surface area contributed by atoms with Gasteiger partial charge in [-0.2, -0.15) is 0 Å². The predicted molar refractivity (Wildman–Crippen MR) is 96.2 cm³/mol. The summed E-state index contributed by atoms with van der Waals surface area (Å²) in [6, 6.07) is 7.73. The second-order valence-corrected chi connectivity index (χ2v) is 7.49. The lowest BCUT2D eigenvalue weighted by molar-refractivity contribution is -0.119. The number of benzene rings is 1. The zero-order valence-electron chi connectivity index (χ0n) is 14.4. The molecule has 1 aliphatic rings. The Bertz CT molecular complexity index is 800. The van der Waals surface area contributed by atoms with E-state index in [0.29, 0.717) is 5.16 Å². The maximum absolute atomic E-state index is 12.2. The summed E-state index contributed by atoms with van der Waals surface area (Å²) in [5.74, 6) is 0.406. The Morgan fingerprint density at radius 1 is 1.28 bits per heavy atom. The summed E-state index contributed by atoms with van der Waals surface area (Å²) in [6.07, 6.45) is 1.96. The van der Waals surface area contributed by atoms with Crippen LogP contribution in [-0.4, -0.2) is 38.0 Å². The van der Waals surface area contributed by atoms with Crippen molar-refractivity contribution < 1.29 is 9.59 Å². The van der Waals surface area contributed by atoms with Crippen molar-refractivity contribution in [1.29, 1.82) is 0 Å². The van der Waals surface area contributed by atoms with E-state index in [9.17, 15) is 9.59 Å². The molecule has 0 saturated heterocycles. The summed E-state index contributed by atoms with van der Waals surface area (Å²) in [6.45, 7) is 3.76. The van der Waals surface area contributed by atoms with Gasteiger partial charge in [-0.05, 0) is 32.3 Å². The molecule has 0 radical (unpaired) electrons. The topological polar surface area (TPSA) is 88.9 Å². The van der Waals surface area contributed by atoms with Gasteiger partial charge in [-0.25, -0.2) is 4.79 Å². The average Bonchev–Trinajstić information content (AvgIpc) is 3.31. The van der Waals surface area contributed by atoms with E-state index in [4.69, 9.17) is 0 Å². The molecule has 0 bridgehead atoms. The summed E-state index contributed by atoms with van der Waals surface area (Å²) in [4.78, 5) is 23.8. The minimum absolute atomic E-state index is 0.214. The van der Waals surface area contributed by atoms with Crippen LogP contribution in [-0.2, 0) is 11.8 Å². The van der Waals surface area contributed by atoms with Gasteiger partial charge >= 0.3 is 6.03 Å². The Morgan fingerprint density at radius 3 is 2.68 bits per heavy atom. The largest absolute Gasteiger partial charge is 0.335 e. The predicted octanol–water partition coefficient (Wildman–Crippen LogP) is 2.26.